The van der Waals surface area contributed by atoms with Gasteiger partial charge in [0, 0.05) is 18.1 Å². The number of nitrogens with one attached hydrogen (secondary N) is 2. The van der Waals surface area contributed by atoms with Crippen LogP contribution in [0, 0.1) is 0 Å². The third kappa shape index (κ3) is 2.59. The maximum absolute atomic E-state index is 11.3. The maximum Gasteiger partial charge on any atom is 0.315 e. The number of nitrogens with two attached hydrogens (primary N) is 1. The van der Waals surface area contributed by atoms with Crippen LogP contribution in [0.5, 0.6) is 0 Å². The molecule has 2 unspecified atom stereocenters. The third-order valence-corrected chi connectivity index (χ3v) is 2.72. The van der Waals surface area contributed by atoms with Crippen molar-refractivity contribution in [3.05, 3.63) is 0 Å². The highest BCUT2D eigenvalue weighted by Gasteiger charge is 2.26. The molecule has 2 rings (SSSR count). The normalized spacial score (nSPS) is 33.0. The maximum atomic E-state index is 11.3. The largest absolute Gasteiger partial charge is 0.335 e. The van der Waals surface area contributed by atoms with E-state index in [0.717, 1.165) is 32.1 Å². The fraction of sp³-hybridized carbons (Fsp3) is 0.889. The van der Waals surface area contributed by atoms with Gasteiger partial charge in [0.05, 0.1) is 0 Å². The molecule has 0 radical (unpaired) electrons. The van der Waals surface area contributed by atoms with Crippen LogP contribution in [0.1, 0.15) is 32.1 Å². The van der Waals surface area contributed by atoms with Gasteiger partial charge in [-0.3, -0.25) is 0 Å². The van der Waals surface area contributed by atoms with Crippen molar-refractivity contribution in [3.8, 4) is 0 Å². The number of hydrogen-bond donors (Lipinski definition) is 3. The molecule has 2 aliphatic rings. The van der Waals surface area contributed by atoms with Gasteiger partial charge in [0.25, 0.3) is 0 Å². The Bertz CT molecular complexity index is 203. The number of hydrogen-bond acceptors (Lipinski definition) is 2. The smallest absolute Gasteiger partial charge is 0.315 e. The molecule has 4 N–H and O–H groups in total. The summed E-state index contributed by atoms with van der Waals surface area (Å²) in [4.78, 5) is 11.3. The Morgan fingerprint density at radius 2 is 1.69 bits per heavy atom. The van der Waals surface area contributed by atoms with Crippen molar-refractivity contribution in [1.29, 1.82) is 0 Å². The molecule has 0 aliphatic heterocycles. The van der Waals surface area contributed by atoms with Crippen LogP contribution in [-0.4, -0.2) is 24.2 Å². The Kier molecular flexibility index (Phi) is 2.40. The van der Waals surface area contributed by atoms with Crippen molar-refractivity contribution >= 4 is 6.03 Å². The van der Waals surface area contributed by atoms with Crippen molar-refractivity contribution in [3.63, 3.8) is 0 Å². The average Bonchev–Trinajstić information content (AvgIpc) is 2.76. The van der Waals surface area contributed by atoms with E-state index >= 15 is 0 Å². The van der Waals surface area contributed by atoms with Crippen LogP contribution in [0.15, 0.2) is 0 Å². The second-order valence-corrected chi connectivity index (χ2v) is 4.16. The molecular weight excluding hydrogens is 166 g/mol. The summed E-state index contributed by atoms with van der Waals surface area (Å²) < 4.78 is 0. The lowest BCUT2D eigenvalue weighted by Gasteiger charge is -2.12. The SMILES string of the molecule is NC1CCC(NC(=O)NC2CC2)C1. The lowest BCUT2D eigenvalue weighted by molar-refractivity contribution is 0.236. The minimum Gasteiger partial charge on any atom is -0.335 e. The van der Waals surface area contributed by atoms with E-state index in [4.69, 9.17) is 5.73 Å². The Morgan fingerprint density at radius 1 is 1.08 bits per heavy atom. The number of carbonyl (C=O) groups is 1. The first-order valence-corrected chi connectivity index (χ1v) is 5.06. The quantitative estimate of drug-likeness (QED) is 0.577. The first-order valence-electron chi connectivity index (χ1n) is 5.06. The van der Waals surface area contributed by atoms with Crippen LogP contribution >= 0.6 is 0 Å². The van der Waals surface area contributed by atoms with Gasteiger partial charge in [-0.1, -0.05) is 0 Å². The van der Waals surface area contributed by atoms with Crippen molar-refractivity contribution in [1.82, 2.24) is 10.6 Å². The van der Waals surface area contributed by atoms with Crippen molar-refractivity contribution in [2.75, 3.05) is 0 Å². The molecule has 0 bridgehead atoms. The minimum absolute atomic E-state index is 0.0124. The van der Waals surface area contributed by atoms with E-state index in [2.05, 4.69) is 10.6 Å². The monoisotopic (exact) mass is 183 g/mol. The molecule has 0 heterocycles. The summed E-state index contributed by atoms with van der Waals surface area (Å²) in [5.74, 6) is 0. The highest BCUT2D eigenvalue weighted by atomic mass is 16.2. The summed E-state index contributed by atoms with van der Waals surface area (Å²) in [5, 5.41) is 5.86. The third-order valence-electron chi connectivity index (χ3n) is 2.72. The molecule has 2 amide bonds. The average molecular weight is 183 g/mol. The summed E-state index contributed by atoms with van der Waals surface area (Å²) >= 11 is 0. The number of carbonyl (C=O) groups excluding carboxylic acids is 1. The van der Waals surface area contributed by atoms with Crippen LogP contribution in [0.3, 0.4) is 0 Å². The van der Waals surface area contributed by atoms with Gasteiger partial charge in [-0.25, -0.2) is 4.79 Å². The molecule has 2 atom stereocenters. The zero-order chi connectivity index (χ0) is 9.26. The molecule has 0 aromatic rings. The highest BCUT2D eigenvalue weighted by molar-refractivity contribution is 5.74. The number of urea groups is 1. The molecule has 13 heavy (non-hydrogen) atoms. The van der Waals surface area contributed by atoms with Gasteiger partial charge in [-0.15, -0.1) is 0 Å². The molecule has 2 fully saturated rings. The van der Waals surface area contributed by atoms with Crippen LogP contribution < -0.4 is 16.4 Å². The van der Waals surface area contributed by atoms with Crippen LogP contribution in [0.2, 0.25) is 0 Å². The standard InChI is InChI=1S/C9H17N3O/c10-6-1-2-8(5-6)12-9(13)11-7-3-4-7/h6-8H,1-5,10H2,(H2,11,12,13). The molecular formula is C9H17N3O. The summed E-state index contributed by atoms with van der Waals surface area (Å²) in [6, 6.07) is 1.01. The van der Waals surface area contributed by atoms with Gasteiger partial charge in [-0.2, -0.15) is 0 Å². The van der Waals surface area contributed by atoms with Crippen LogP contribution in [0.25, 0.3) is 0 Å². The Morgan fingerprint density at radius 3 is 2.23 bits per heavy atom. The molecule has 0 spiro atoms. The molecule has 2 aliphatic carbocycles. The summed E-state index contributed by atoms with van der Waals surface area (Å²) in [6.45, 7) is 0. The Labute approximate surface area is 78.2 Å². The zero-order valence-corrected chi connectivity index (χ0v) is 7.75. The first kappa shape index (κ1) is 8.81. The molecule has 0 aromatic carbocycles. The fourth-order valence-electron chi connectivity index (χ4n) is 1.79. The van der Waals surface area contributed by atoms with Crippen molar-refractivity contribution in [2.24, 2.45) is 5.73 Å². The highest BCUT2D eigenvalue weighted by Crippen LogP contribution is 2.19. The molecule has 4 heteroatoms. The topological polar surface area (TPSA) is 67.1 Å². The number of amides is 2. The first-order chi connectivity index (χ1) is 6.24. The van der Waals surface area contributed by atoms with Gasteiger partial charge in [0.15, 0.2) is 0 Å². The van der Waals surface area contributed by atoms with Gasteiger partial charge in [0.2, 0.25) is 0 Å². The van der Waals surface area contributed by atoms with Crippen LogP contribution in [-0.2, 0) is 0 Å². The van der Waals surface area contributed by atoms with E-state index in [1.54, 1.807) is 0 Å². The van der Waals surface area contributed by atoms with Gasteiger partial charge in [0.1, 0.15) is 0 Å². The molecule has 0 saturated heterocycles. The van der Waals surface area contributed by atoms with E-state index in [0.29, 0.717) is 12.1 Å². The molecule has 2 saturated carbocycles. The summed E-state index contributed by atoms with van der Waals surface area (Å²) in [7, 11) is 0. The predicted molar refractivity (Wildman–Crippen MR) is 50.3 cm³/mol. The van der Waals surface area contributed by atoms with E-state index in [9.17, 15) is 4.79 Å². The second kappa shape index (κ2) is 3.54. The van der Waals surface area contributed by atoms with E-state index in [1.165, 1.54) is 0 Å². The second-order valence-electron chi connectivity index (χ2n) is 4.16. The lowest BCUT2D eigenvalue weighted by Crippen LogP contribution is -2.42. The fourth-order valence-corrected chi connectivity index (χ4v) is 1.79. The van der Waals surface area contributed by atoms with Crippen molar-refractivity contribution < 1.29 is 4.79 Å². The predicted octanol–water partition coefficient (Wildman–Crippen LogP) is 0.328. The van der Waals surface area contributed by atoms with E-state index in [1.807, 2.05) is 0 Å². The van der Waals surface area contributed by atoms with E-state index < -0.39 is 0 Å². The van der Waals surface area contributed by atoms with E-state index in [-0.39, 0.29) is 12.1 Å². The number of rotatable bonds is 2. The summed E-state index contributed by atoms with van der Waals surface area (Å²) in [6.07, 6.45) is 5.26. The van der Waals surface area contributed by atoms with Gasteiger partial charge >= 0.3 is 6.03 Å². The van der Waals surface area contributed by atoms with Gasteiger partial charge in [-0.05, 0) is 32.1 Å². The lowest BCUT2D eigenvalue weighted by atomic mass is 10.2. The van der Waals surface area contributed by atoms with Gasteiger partial charge < -0.3 is 16.4 Å². The Balaban J connectivity index is 1.67. The minimum atomic E-state index is -0.0124. The van der Waals surface area contributed by atoms with Crippen LogP contribution in [0.4, 0.5) is 4.79 Å². The zero-order valence-electron chi connectivity index (χ0n) is 7.75. The van der Waals surface area contributed by atoms with Crippen molar-refractivity contribution in [2.45, 2.75) is 50.2 Å². The molecule has 4 nitrogen and oxygen atoms in total. The summed E-state index contributed by atoms with van der Waals surface area (Å²) in [5.41, 5.74) is 5.74. The molecule has 74 valence electrons. The molecule has 0 aromatic heterocycles. The Hall–Kier alpha value is -0.770.